The number of halogens is 1. The molecule has 6 heteroatoms. The van der Waals surface area contributed by atoms with E-state index in [1.807, 2.05) is 29.0 Å². The van der Waals surface area contributed by atoms with Gasteiger partial charge in [0.2, 0.25) is 5.91 Å². The van der Waals surface area contributed by atoms with Crippen molar-refractivity contribution in [3.8, 4) is 0 Å². The van der Waals surface area contributed by atoms with E-state index in [0.29, 0.717) is 12.8 Å². The Kier molecular flexibility index (Phi) is 6.30. The normalized spacial score (nSPS) is 11.9. The molecule has 26 heavy (non-hydrogen) atoms. The van der Waals surface area contributed by atoms with E-state index in [-0.39, 0.29) is 30.0 Å². The first-order chi connectivity index (χ1) is 12.6. The number of rotatable bonds is 8. The number of carbonyl (C=O) groups excluding carboxylic acids is 2. The van der Waals surface area contributed by atoms with Crippen LogP contribution >= 0.6 is 22.7 Å². The van der Waals surface area contributed by atoms with Gasteiger partial charge in [0.05, 0.1) is 10.9 Å². The monoisotopic (exact) mass is 387 g/mol. The van der Waals surface area contributed by atoms with E-state index < -0.39 is 0 Å². The van der Waals surface area contributed by atoms with E-state index in [4.69, 9.17) is 0 Å². The highest BCUT2D eigenvalue weighted by Gasteiger charge is 2.18. The van der Waals surface area contributed by atoms with Crippen molar-refractivity contribution in [2.45, 2.75) is 25.3 Å². The molecular formula is C20H18FNO2S2. The summed E-state index contributed by atoms with van der Waals surface area (Å²) in [6.07, 6.45) is 1.14. The van der Waals surface area contributed by atoms with E-state index in [0.717, 1.165) is 15.3 Å². The van der Waals surface area contributed by atoms with Crippen molar-refractivity contribution >= 4 is 34.4 Å². The molecule has 134 valence electrons. The largest absolute Gasteiger partial charge is 0.344 e. The van der Waals surface area contributed by atoms with E-state index in [9.17, 15) is 14.0 Å². The zero-order valence-corrected chi connectivity index (χ0v) is 15.6. The summed E-state index contributed by atoms with van der Waals surface area (Å²) in [5.41, 5.74) is 0.830. The fourth-order valence-corrected chi connectivity index (χ4v) is 4.13. The standard InChI is InChI=1S/C20H18FNO2S2/c21-15-10-8-14(9-11-15)20(18-6-3-13-26-18)22-19(24)7-1-4-16(23)17-5-2-12-25-17/h2-3,5-6,8-13,20H,1,4,7H2,(H,22,24)/t20-/m1/s1. The van der Waals surface area contributed by atoms with Gasteiger partial charge in [-0.3, -0.25) is 9.59 Å². The Morgan fingerprint density at radius 2 is 1.69 bits per heavy atom. The van der Waals surface area contributed by atoms with E-state index in [1.54, 1.807) is 18.2 Å². The Morgan fingerprint density at radius 1 is 0.962 bits per heavy atom. The molecule has 0 saturated carbocycles. The maximum atomic E-state index is 13.2. The lowest BCUT2D eigenvalue weighted by Gasteiger charge is -2.18. The first kappa shape index (κ1) is 18.5. The van der Waals surface area contributed by atoms with Gasteiger partial charge in [0.15, 0.2) is 5.78 Å². The number of hydrogen-bond acceptors (Lipinski definition) is 4. The second-order valence-electron chi connectivity index (χ2n) is 5.82. The highest BCUT2D eigenvalue weighted by Crippen LogP contribution is 2.26. The highest BCUT2D eigenvalue weighted by atomic mass is 32.1. The second-order valence-corrected chi connectivity index (χ2v) is 7.75. The Balaban J connectivity index is 1.59. The Labute approximate surface area is 159 Å². The molecule has 0 unspecified atom stereocenters. The molecule has 3 aromatic rings. The molecule has 2 heterocycles. The van der Waals surface area contributed by atoms with Crippen molar-refractivity contribution in [2.75, 3.05) is 0 Å². The molecule has 0 radical (unpaired) electrons. The predicted octanol–water partition coefficient (Wildman–Crippen LogP) is 5.21. The third-order valence-corrected chi connectivity index (χ3v) is 5.79. The van der Waals surface area contributed by atoms with Gasteiger partial charge in [0, 0.05) is 17.7 Å². The summed E-state index contributed by atoms with van der Waals surface area (Å²) in [4.78, 5) is 26.1. The highest BCUT2D eigenvalue weighted by molar-refractivity contribution is 7.12. The van der Waals surface area contributed by atoms with Crippen LogP contribution in [0.3, 0.4) is 0 Å². The minimum atomic E-state index is -0.309. The van der Waals surface area contributed by atoms with Gasteiger partial charge < -0.3 is 5.32 Å². The van der Waals surface area contributed by atoms with Crippen molar-refractivity contribution in [1.82, 2.24) is 5.32 Å². The minimum absolute atomic E-state index is 0.0705. The van der Waals surface area contributed by atoms with Gasteiger partial charge in [-0.05, 0) is 47.0 Å². The van der Waals surface area contributed by atoms with Gasteiger partial charge in [-0.15, -0.1) is 22.7 Å². The lowest BCUT2D eigenvalue weighted by Crippen LogP contribution is -2.28. The molecule has 3 rings (SSSR count). The van der Waals surface area contributed by atoms with Gasteiger partial charge in [0.1, 0.15) is 5.82 Å². The molecule has 2 aromatic heterocycles. The molecule has 1 aromatic carbocycles. The number of benzene rings is 1. The zero-order valence-electron chi connectivity index (χ0n) is 14.0. The van der Waals surface area contributed by atoms with Gasteiger partial charge in [0.25, 0.3) is 0 Å². The maximum Gasteiger partial charge on any atom is 0.220 e. The van der Waals surface area contributed by atoms with E-state index in [2.05, 4.69) is 5.32 Å². The van der Waals surface area contributed by atoms with Crippen LogP contribution in [0.4, 0.5) is 4.39 Å². The van der Waals surface area contributed by atoms with Gasteiger partial charge in [-0.2, -0.15) is 0 Å². The number of Topliss-reactive ketones (excluding diaryl/α,β-unsaturated/α-hetero) is 1. The van der Waals surface area contributed by atoms with Crippen LogP contribution in [0.5, 0.6) is 0 Å². The summed E-state index contributed by atoms with van der Waals surface area (Å²) < 4.78 is 13.2. The summed E-state index contributed by atoms with van der Waals surface area (Å²) in [6, 6.07) is 13.3. The molecule has 0 aliphatic carbocycles. The number of ketones is 1. The number of amides is 1. The van der Waals surface area contributed by atoms with E-state index >= 15 is 0 Å². The number of carbonyl (C=O) groups is 2. The van der Waals surface area contributed by atoms with Gasteiger partial charge in [-0.25, -0.2) is 4.39 Å². The molecule has 3 nitrogen and oxygen atoms in total. The fourth-order valence-electron chi connectivity index (χ4n) is 2.63. The van der Waals surface area contributed by atoms with Crippen molar-refractivity contribution in [1.29, 1.82) is 0 Å². The van der Waals surface area contributed by atoms with Crippen LogP contribution in [0.2, 0.25) is 0 Å². The third kappa shape index (κ3) is 4.86. The second kappa shape index (κ2) is 8.87. The quantitative estimate of drug-likeness (QED) is 0.540. The van der Waals surface area contributed by atoms with Crippen LogP contribution in [0.15, 0.2) is 59.3 Å². The van der Waals surface area contributed by atoms with Crippen molar-refractivity contribution in [3.63, 3.8) is 0 Å². The average Bonchev–Trinajstić information content (AvgIpc) is 3.34. The summed E-state index contributed by atoms with van der Waals surface area (Å²) >= 11 is 2.96. The van der Waals surface area contributed by atoms with Crippen LogP contribution in [-0.4, -0.2) is 11.7 Å². The Hall–Kier alpha value is -2.31. The maximum absolute atomic E-state index is 13.2. The molecule has 0 fully saturated rings. The minimum Gasteiger partial charge on any atom is -0.344 e. The zero-order chi connectivity index (χ0) is 18.4. The summed E-state index contributed by atoms with van der Waals surface area (Å²) in [5, 5.41) is 6.82. The van der Waals surface area contributed by atoms with E-state index in [1.165, 1.54) is 34.8 Å². The molecule has 0 aliphatic rings. The number of thiophene rings is 2. The molecule has 0 saturated heterocycles. The van der Waals surface area contributed by atoms with Gasteiger partial charge in [-0.1, -0.05) is 24.3 Å². The summed E-state index contributed by atoms with van der Waals surface area (Å²) in [5.74, 6) is -0.357. The van der Waals surface area contributed by atoms with Crippen molar-refractivity contribution in [3.05, 3.63) is 80.4 Å². The Morgan fingerprint density at radius 3 is 2.35 bits per heavy atom. The summed E-state index contributed by atoms with van der Waals surface area (Å²) in [6.45, 7) is 0. The first-order valence-corrected chi connectivity index (χ1v) is 10.0. The van der Waals surface area contributed by atoms with Crippen LogP contribution in [0.25, 0.3) is 0 Å². The predicted molar refractivity (Wildman–Crippen MR) is 103 cm³/mol. The lowest BCUT2D eigenvalue weighted by atomic mass is 10.0. The SMILES string of the molecule is O=C(CCCC(=O)c1cccs1)N[C@H](c1ccc(F)cc1)c1cccs1. The van der Waals surface area contributed by atoms with Crippen LogP contribution < -0.4 is 5.32 Å². The van der Waals surface area contributed by atoms with Crippen molar-refractivity contribution < 1.29 is 14.0 Å². The summed E-state index contributed by atoms with van der Waals surface area (Å²) in [7, 11) is 0. The smallest absolute Gasteiger partial charge is 0.220 e. The van der Waals surface area contributed by atoms with Crippen LogP contribution in [-0.2, 0) is 4.79 Å². The Bertz CT molecular complexity index is 843. The number of nitrogens with one attached hydrogen (secondary N) is 1. The fraction of sp³-hybridized carbons (Fsp3) is 0.200. The molecule has 1 N–H and O–H groups in total. The third-order valence-electron chi connectivity index (χ3n) is 3.94. The van der Waals surface area contributed by atoms with Crippen LogP contribution in [0.1, 0.15) is 45.4 Å². The van der Waals surface area contributed by atoms with Crippen LogP contribution in [0, 0.1) is 5.82 Å². The molecule has 1 atom stereocenters. The molecule has 1 amide bonds. The molecule has 0 aliphatic heterocycles. The average molecular weight is 388 g/mol. The molecular weight excluding hydrogens is 369 g/mol. The molecule has 0 spiro atoms. The topological polar surface area (TPSA) is 46.2 Å². The van der Waals surface area contributed by atoms with Crippen molar-refractivity contribution in [2.24, 2.45) is 0 Å². The van der Waals surface area contributed by atoms with Gasteiger partial charge >= 0.3 is 0 Å². The number of hydrogen-bond donors (Lipinski definition) is 1. The first-order valence-electron chi connectivity index (χ1n) is 8.28. The molecule has 0 bridgehead atoms. The lowest BCUT2D eigenvalue weighted by molar-refractivity contribution is -0.121.